The van der Waals surface area contributed by atoms with Crippen LogP contribution in [0.3, 0.4) is 0 Å². The van der Waals surface area contributed by atoms with Gasteiger partial charge in [0.2, 0.25) is 0 Å². The Balaban J connectivity index is 2.77. The maximum atomic E-state index is 5.49. The monoisotopic (exact) mass is 196 g/mol. The summed E-state index contributed by atoms with van der Waals surface area (Å²) in [6, 6.07) is 7.76. The van der Waals surface area contributed by atoms with Crippen LogP contribution < -0.4 is 0 Å². The molecule has 0 fully saturated rings. The molecule has 0 heterocycles. The molecule has 1 rings (SSSR count). The van der Waals surface area contributed by atoms with Crippen molar-refractivity contribution in [3.8, 4) is 11.8 Å². The van der Waals surface area contributed by atoms with E-state index in [4.69, 9.17) is 11.6 Å². The van der Waals surface area contributed by atoms with Crippen LogP contribution in [-0.2, 0) is 0 Å². The van der Waals surface area contributed by atoms with Gasteiger partial charge in [-0.3, -0.25) is 0 Å². The second-order valence-corrected chi connectivity index (χ2v) is 3.12. The van der Waals surface area contributed by atoms with Crippen LogP contribution >= 0.6 is 24.2 Å². The quantitative estimate of drug-likeness (QED) is 0.399. The van der Waals surface area contributed by atoms with Crippen molar-refractivity contribution < 1.29 is 0 Å². The topological polar surface area (TPSA) is 0 Å². The molecule has 12 heavy (non-hydrogen) atoms. The number of hydrogen-bond acceptors (Lipinski definition) is 1. The lowest BCUT2D eigenvalue weighted by molar-refractivity contribution is 1.28. The number of hydrogen-bond donors (Lipinski definition) is 1. The Morgan fingerprint density at radius 1 is 1.33 bits per heavy atom. The SMILES string of the molecule is Sc1ccccc1C#CCCCl. The number of halogens is 1. The molecule has 0 N–H and O–H groups in total. The molecule has 0 aromatic heterocycles. The molecule has 0 aliphatic heterocycles. The van der Waals surface area contributed by atoms with E-state index in [1.165, 1.54) is 0 Å². The standard InChI is InChI=1S/C10H9ClS/c11-8-4-3-6-9-5-1-2-7-10(9)12/h1-2,5,7,12H,4,8H2. The second-order valence-electron chi connectivity index (χ2n) is 2.26. The maximum absolute atomic E-state index is 5.49. The average Bonchev–Trinajstić information content (AvgIpc) is 2.09. The zero-order valence-corrected chi connectivity index (χ0v) is 8.20. The summed E-state index contributed by atoms with van der Waals surface area (Å²) in [7, 11) is 0. The molecule has 2 heteroatoms. The van der Waals surface area contributed by atoms with Gasteiger partial charge in [0.15, 0.2) is 0 Å². The van der Waals surface area contributed by atoms with Gasteiger partial charge in [0.1, 0.15) is 0 Å². The van der Waals surface area contributed by atoms with Crippen LogP contribution in [-0.4, -0.2) is 5.88 Å². The molecular weight excluding hydrogens is 188 g/mol. The van der Waals surface area contributed by atoms with Crippen molar-refractivity contribution in [1.29, 1.82) is 0 Å². The van der Waals surface area contributed by atoms with Crippen molar-refractivity contribution in [3.63, 3.8) is 0 Å². The second kappa shape index (κ2) is 5.13. The van der Waals surface area contributed by atoms with Crippen molar-refractivity contribution in [2.45, 2.75) is 11.3 Å². The highest BCUT2D eigenvalue weighted by Gasteiger charge is 1.90. The fourth-order valence-corrected chi connectivity index (χ4v) is 1.10. The van der Waals surface area contributed by atoms with Crippen LogP contribution in [0.4, 0.5) is 0 Å². The lowest BCUT2D eigenvalue weighted by Crippen LogP contribution is -1.76. The van der Waals surface area contributed by atoms with E-state index in [2.05, 4.69) is 24.5 Å². The van der Waals surface area contributed by atoms with Gasteiger partial charge in [-0.25, -0.2) is 0 Å². The lowest BCUT2D eigenvalue weighted by atomic mass is 10.2. The molecule has 0 saturated heterocycles. The average molecular weight is 197 g/mol. The van der Waals surface area contributed by atoms with Gasteiger partial charge in [-0.2, -0.15) is 0 Å². The number of rotatable bonds is 1. The minimum atomic E-state index is 0.585. The minimum Gasteiger partial charge on any atom is -0.142 e. The highest BCUT2D eigenvalue weighted by molar-refractivity contribution is 7.80. The smallest absolute Gasteiger partial charge is 0.0378 e. The molecule has 0 atom stereocenters. The Hall–Kier alpha value is -0.580. The van der Waals surface area contributed by atoms with Crippen LogP contribution in [0.25, 0.3) is 0 Å². The fourth-order valence-electron chi connectivity index (χ4n) is 0.784. The van der Waals surface area contributed by atoms with E-state index in [1.807, 2.05) is 24.3 Å². The first-order valence-electron chi connectivity index (χ1n) is 3.67. The molecular formula is C10H9ClS. The number of thiol groups is 1. The molecule has 0 nitrogen and oxygen atoms in total. The summed E-state index contributed by atoms with van der Waals surface area (Å²) in [5.74, 6) is 6.55. The van der Waals surface area contributed by atoms with E-state index >= 15 is 0 Å². The first-order valence-corrected chi connectivity index (χ1v) is 4.65. The van der Waals surface area contributed by atoms with Crippen LogP contribution in [0.5, 0.6) is 0 Å². The third-order valence-corrected chi connectivity index (χ3v) is 1.93. The van der Waals surface area contributed by atoms with E-state index in [1.54, 1.807) is 0 Å². The first-order chi connectivity index (χ1) is 5.84. The van der Waals surface area contributed by atoms with E-state index in [9.17, 15) is 0 Å². The summed E-state index contributed by atoms with van der Waals surface area (Å²) in [6.45, 7) is 0. The molecule has 0 amide bonds. The van der Waals surface area contributed by atoms with E-state index < -0.39 is 0 Å². The van der Waals surface area contributed by atoms with Crippen molar-refractivity contribution in [2.24, 2.45) is 0 Å². The Bertz CT molecular complexity index is 309. The minimum absolute atomic E-state index is 0.585. The van der Waals surface area contributed by atoms with Gasteiger partial charge in [0.25, 0.3) is 0 Å². The Kier molecular flexibility index (Phi) is 4.07. The van der Waals surface area contributed by atoms with Gasteiger partial charge >= 0.3 is 0 Å². The predicted molar refractivity (Wildman–Crippen MR) is 55.9 cm³/mol. The summed E-state index contributed by atoms with van der Waals surface area (Å²) < 4.78 is 0. The molecule has 0 unspecified atom stereocenters. The Morgan fingerprint density at radius 2 is 2.08 bits per heavy atom. The summed E-state index contributed by atoms with van der Waals surface area (Å²) in [4.78, 5) is 0.916. The van der Waals surface area contributed by atoms with Crippen molar-refractivity contribution in [3.05, 3.63) is 29.8 Å². The van der Waals surface area contributed by atoms with Crippen LogP contribution in [0.1, 0.15) is 12.0 Å². The lowest BCUT2D eigenvalue weighted by Gasteiger charge is -1.93. The van der Waals surface area contributed by atoms with E-state index in [0.717, 1.165) is 16.9 Å². The zero-order chi connectivity index (χ0) is 8.81. The Morgan fingerprint density at radius 3 is 2.75 bits per heavy atom. The van der Waals surface area contributed by atoms with Gasteiger partial charge in [-0.1, -0.05) is 24.0 Å². The van der Waals surface area contributed by atoms with Crippen molar-refractivity contribution >= 4 is 24.2 Å². The highest BCUT2D eigenvalue weighted by Crippen LogP contribution is 2.10. The van der Waals surface area contributed by atoms with Gasteiger partial charge < -0.3 is 0 Å². The largest absolute Gasteiger partial charge is 0.142 e. The molecule has 0 saturated carbocycles. The van der Waals surface area contributed by atoms with Crippen molar-refractivity contribution in [1.82, 2.24) is 0 Å². The summed E-state index contributed by atoms with van der Waals surface area (Å²) in [5, 5.41) is 0. The van der Waals surface area contributed by atoms with Gasteiger partial charge in [0, 0.05) is 22.8 Å². The molecule has 62 valence electrons. The summed E-state index contributed by atoms with van der Waals surface area (Å²) in [5.41, 5.74) is 0.964. The van der Waals surface area contributed by atoms with E-state index in [-0.39, 0.29) is 0 Å². The molecule has 0 bridgehead atoms. The highest BCUT2D eigenvalue weighted by atomic mass is 35.5. The van der Waals surface area contributed by atoms with E-state index in [0.29, 0.717) is 5.88 Å². The summed E-state index contributed by atoms with van der Waals surface area (Å²) in [6.07, 6.45) is 0.726. The Labute approximate surface area is 83.3 Å². The number of benzene rings is 1. The molecule has 1 aromatic rings. The van der Waals surface area contributed by atoms with Gasteiger partial charge in [-0.15, -0.1) is 24.2 Å². The van der Waals surface area contributed by atoms with Crippen molar-refractivity contribution in [2.75, 3.05) is 5.88 Å². The summed E-state index contributed by atoms with van der Waals surface area (Å²) >= 11 is 9.75. The third-order valence-electron chi connectivity index (χ3n) is 1.35. The molecule has 0 aliphatic carbocycles. The van der Waals surface area contributed by atoms with Crippen LogP contribution in [0, 0.1) is 11.8 Å². The van der Waals surface area contributed by atoms with Crippen LogP contribution in [0.2, 0.25) is 0 Å². The molecule has 0 radical (unpaired) electrons. The predicted octanol–water partition coefficient (Wildman–Crippen LogP) is 2.96. The number of alkyl halides is 1. The molecule has 0 spiro atoms. The van der Waals surface area contributed by atoms with Gasteiger partial charge in [0.05, 0.1) is 0 Å². The maximum Gasteiger partial charge on any atom is 0.0378 e. The first kappa shape index (κ1) is 9.51. The fraction of sp³-hybridized carbons (Fsp3) is 0.200. The molecule has 1 aromatic carbocycles. The molecule has 0 aliphatic rings. The van der Waals surface area contributed by atoms with Gasteiger partial charge in [-0.05, 0) is 12.1 Å². The normalized spacial score (nSPS) is 8.83. The third kappa shape index (κ3) is 2.81. The zero-order valence-electron chi connectivity index (χ0n) is 6.55. The van der Waals surface area contributed by atoms with Crippen LogP contribution in [0.15, 0.2) is 29.2 Å².